The zero-order chi connectivity index (χ0) is 10.6. The first-order valence-electron chi connectivity index (χ1n) is 4.35. The summed E-state index contributed by atoms with van der Waals surface area (Å²) in [5.74, 6) is 0.193. The van der Waals surface area contributed by atoms with E-state index in [2.05, 4.69) is 11.4 Å². The zero-order valence-electron chi connectivity index (χ0n) is 7.88. The van der Waals surface area contributed by atoms with Crippen LogP contribution in [-0.4, -0.2) is 39.3 Å². The SMILES string of the molecule is CCCc1ccc(OP(=O)(O)O)cc1.[NaH]. The van der Waals surface area contributed by atoms with Crippen molar-refractivity contribution in [2.24, 2.45) is 0 Å². The first-order valence-corrected chi connectivity index (χ1v) is 5.88. The van der Waals surface area contributed by atoms with E-state index in [1.54, 1.807) is 24.3 Å². The van der Waals surface area contributed by atoms with Crippen LogP contribution in [0, 0.1) is 0 Å². The van der Waals surface area contributed by atoms with Gasteiger partial charge in [-0.15, -0.1) is 0 Å². The summed E-state index contributed by atoms with van der Waals surface area (Å²) in [7, 11) is -4.42. The van der Waals surface area contributed by atoms with Gasteiger partial charge in [-0.1, -0.05) is 25.5 Å². The van der Waals surface area contributed by atoms with Gasteiger partial charge < -0.3 is 4.52 Å². The van der Waals surface area contributed by atoms with Gasteiger partial charge in [-0.25, -0.2) is 4.57 Å². The van der Waals surface area contributed by atoms with E-state index in [1.165, 1.54) is 0 Å². The molecule has 0 atom stereocenters. The summed E-state index contributed by atoms with van der Waals surface area (Å²) >= 11 is 0. The Kier molecular flexibility index (Phi) is 6.76. The van der Waals surface area contributed by atoms with E-state index in [0.29, 0.717) is 0 Å². The van der Waals surface area contributed by atoms with E-state index in [9.17, 15) is 4.57 Å². The Labute approximate surface area is 111 Å². The fraction of sp³-hybridized carbons (Fsp3) is 0.333. The molecule has 0 spiro atoms. The van der Waals surface area contributed by atoms with Gasteiger partial charge in [0.25, 0.3) is 0 Å². The third kappa shape index (κ3) is 6.36. The minimum absolute atomic E-state index is 0. The molecule has 0 amide bonds. The normalized spacial score (nSPS) is 10.6. The summed E-state index contributed by atoms with van der Waals surface area (Å²) < 4.78 is 14.9. The van der Waals surface area contributed by atoms with E-state index < -0.39 is 7.82 Å². The number of benzene rings is 1. The molecule has 0 saturated heterocycles. The summed E-state index contributed by atoms with van der Waals surface area (Å²) in [6.45, 7) is 2.07. The van der Waals surface area contributed by atoms with Gasteiger partial charge in [-0.3, -0.25) is 9.79 Å². The molecular formula is C9H14NaO4P. The Bertz CT molecular complexity index is 332. The average Bonchev–Trinajstić information content (AvgIpc) is 2.06. The number of aryl methyl sites for hydroxylation is 1. The molecule has 0 saturated carbocycles. The first kappa shape index (κ1) is 15.2. The summed E-state index contributed by atoms with van der Waals surface area (Å²) in [4.78, 5) is 17.1. The van der Waals surface area contributed by atoms with Crippen molar-refractivity contribution in [1.82, 2.24) is 0 Å². The van der Waals surface area contributed by atoms with Gasteiger partial charge in [0.15, 0.2) is 0 Å². The van der Waals surface area contributed by atoms with Crippen LogP contribution in [0.1, 0.15) is 18.9 Å². The number of rotatable bonds is 4. The molecule has 80 valence electrons. The average molecular weight is 240 g/mol. The number of phosphoric ester groups is 1. The molecule has 0 aliphatic heterocycles. The van der Waals surface area contributed by atoms with Gasteiger partial charge in [0.1, 0.15) is 5.75 Å². The second kappa shape index (κ2) is 6.69. The quantitative estimate of drug-likeness (QED) is 0.617. The van der Waals surface area contributed by atoms with Crippen LogP contribution in [-0.2, 0) is 11.0 Å². The van der Waals surface area contributed by atoms with Gasteiger partial charge >= 0.3 is 37.4 Å². The van der Waals surface area contributed by atoms with E-state index in [-0.39, 0.29) is 35.3 Å². The second-order valence-electron chi connectivity index (χ2n) is 2.98. The van der Waals surface area contributed by atoms with Gasteiger partial charge in [0.2, 0.25) is 0 Å². The molecule has 6 heteroatoms. The van der Waals surface area contributed by atoms with Gasteiger partial charge in [-0.05, 0) is 24.1 Å². The topological polar surface area (TPSA) is 66.8 Å². The van der Waals surface area contributed by atoms with Crippen molar-refractivity contribution in [2.75, 3.05) is 0 Å². The molecule has 1 aromatic carbocycles. The van der Waals surface area contributed by atoms with Crippen LogP contribution < -0.4 is 4.52 Å². The molecule has 0 heterocycles. The van der Waals surface area contributed by atoms with Gasteiger partial charge in [-0.2, -0.15) is 0 Å². The first-order chi connectivity index (χ1) is 6.51. The minimum atomic E-state index is -4.42. The van der Waals surface area contributed by atoms with Crippen LogP contribution in [0.3, 0.4) is 0 Å². The van der Waals surface area contributed by atoms with Crippen molar-refractivity contribution in [1.29, 1.82) is 0 Å². The van der Waals surface area contributed by atoms with Crippen molar-refractivity contribution in [3.63, 3.8) is 0 Å². The Morgan fingerprint density at radius 1 is 1.27 bits per heavy atom. The summed E-state index contributed by atoms with van der Waals surface area (Å²) in [5, 5.41) is 0. The van der Waals surface area contributed by atoms with Crippen molar-refractivity contribution in [3.05, 3.63) is 29.8 Å². The fourth-order valence-corrected chi connectivity index (χ4v) is 1.54. The van der Waals surface area contributed by atoms with Crippen molar-refractivity contribution < 1.29 is 18.9 Å². The molecule has 15 heavy (non-hydrogen) atoms. The monoisotopic (exact) mass is 240 g/mol. The number of hydrogen-bond acceptors (Lipinski definition) is 2. The molecule has 1 rings (SSSR count). The summed E-state index contributed by atoms with van der Waals surface area (Å²) in [6, 6.07) is 6.72. The molecule has 0 aliphatic rings. The maximum absolute atomic E-state index is 10.5. The molecule has 4 nitrogen and oxygen atoms in total. The molecule has 0 unspecified atom stereocenters. The van der Waals surface area contributed by atoms with E-state index in [1.807, 2.05) is 0 Å². The molecule has 1 aromatic rings. The Morgan fingerprint density at radius 2 is 1.80 bits per heavy atom. The van der Waals surface area contributed by atoms with Crippen LogP contribution >= 0.6 is 7.82 Å². The molecule has 0 bridgehead atoms. The molecule has 0 aromatic heterocycles. The van der Waals surface area contributed by atoms with Crippen LogP contribution in [0.2, 0.25) is 0 Å². The second-order valence-corrected chi connectivity index (χ2v) is 4.14. The maximum atomic E-state index is 10.5. The van der Waals surface area contributed by atoms with Crippen LogP contribution in [0.25, 0.3) is 0 Å². The number of hydrogen-bond donors (Lipinski definition) is 2. The van der Waals surface area contributed by atoms with Gasteiger partial charge in [0.05, 0.1) is 0 Å². The number of phosphoric acid groups is 1. The molecule has 0 fully saturated rings. The van der Waals surface area contributed by atoms with Gasteiger partial charge in [0, 0.05) is 0 Å². The molecule has 0 aliphatic carbocycles. The van der Waals surface area contributed by atoms with Crippen LogP contribution in [0.15, 0.2) is 24.3 Å². The third-order valence-corrected chi connectivity index (χ3v) is 2.14. The van der Waals surface area contributed by atoms with E-state index in [0.717, 1.165) is 18.4 Å². The summed E-state index contributed by atoms with van der Waals surface area (Å²) in [6.07, 6.45) is 1.99. The van der Waals surface area contributed by atoms with Crippen LogP contribution in [0.4, 0.5) is 0 Å². The van der Waals surface area contributed by atoms with Crippen LogP contribution in [0.5, 0.6) is 5.75 Å². The predicted molar refractivity (Wildman–Crippen MR) is 60.3 cm³/mol. The van der Waals surface area contributed by atoms with Crippen molar-refractivity contribution in [3.8, 4) is 5.75 Å². The Hall–Kier alpha value is 0.170. The molecule has 2 N–H and O–H groups in total. The molecule has 0 radical (unpaired) electrons. The third-order valence-electron chi connectivity index (χ3n) is 1.69. The zero-order valence-corrected chi connectivity index (χ0v) is 8.78. The molecular weight excluding hydrogens is 226 g/mol. The Balaban J connectivity index is 0.00000196. The van der Waals surface area contributed by atoms with Crippen molar-refractivity contribution in [2.45, 2.75) is 19.8 Å². The Morgan fingerprint density at radius 3 is 2.20 bits per heavy atom. The standard InChI is InChI=1S/C9H13O4P.Na.H/c1-2-3-8-4-6-9(7-5-8)13-14(10,11)12;;/h4-7H,2-3H2,1H3,(H2,10,11,12);;. The summed E-state index contributed by atoms with van der Waals surface area (Å²) in [5.41, 5.74) is 1.13. The predicted octanol–water partition coefficient (Wildman–Crippen LogP) is 1.46. The van der Waals surface area contributed by atoms with E-state index in [4.69, 9.17) is 9.79 Å². The fourth-order valence-electron chi connectivity index (χ4n) is 1.14. The van der Waals surface area contributed by atoms with E-state index >= 15 is 0 Å². The van der Waals surface area contributed by atoms with Crippen molar-refractivity contribution >= 4 is 37.4 Å².